The Hall–Kier alpha value is -2.88. The molecule has 2 aromatic carbocycles. The Kier molecular flexibility index (Phi) is 9.16. The van der Waals surface area contributed by atoms with E-state index >= 15 is 0 Å². The first kappa shape index (κ1) is 27.7. The van der Waals surface area contributed by atoms with Crippen molar-refractivity contribution in [1.82, 2.24) is 4.57 Å². The number of methoxy groups -OCH3 is 1. The first-order valence-corrected chi connectivity index (χ1v) is 13.6. The molecular weight excluding hydrogens is 496 g/mol. The summed E-state index contributed by atoms with van der Waals surface area (Å²) in [5.74, 6) is 0.760. The molecule has 0 fully saturated rings. The number of rotatable bonds is 9. The molecule has 7 nitrogen and oxygen atoms in total. The van der Waals surface area contributed by atoms with Crippen molar-refractivity contribution in [1.29, 1.82) is 0 Å². The van der Waals surface area contributed by atoms with Crippen molar-refractivity contribution in [3.8, 4) is 6.01 Å². The molecule has 0 atom stereocenters. The quantitative estimate of drug-likeness (QED) is 0.144. The summed E-state index contributed by atoms with van der Waals surface area (Å²) >= 11 is 3.19. The lowest BCUT2D eigenvalue weighted by molar-refractivity contribution is -0.685. The Morgan fingerprint density at radius 3 is 2.64 bits per heavy atom. The number of aromatic hydroxyl groups is 1. The number of hydrogen-bond acceptors (Lipinski definition) is 7. The molecule has 0 spiro atoms. The highest BCUT2D eigenvalue weighted by atomic mass is 32.2. The smallest absolute Gasteiger partial charge is 0.457 e. The zero-order valence-corrected chi connectivity index (χ0v) is 22.6. The van der Waals surface area contributed by atoms with Crippen LogP contribution >= 0.6 is 23.1 Å². The Bertz CT molecular complexity index is 1440. The molecule has 0 unspecified atom stereocenters. The van der Waals surface area contributed by atoms with Crippen molar-refractivity contribution in [3.05, 3.63) is 63.3 Å². The molecule has 2 heterocycles. The van der Waals surface area contributed by atoms with E-state index in [2.05, 4.69) is 44.2 Å². The Morgan fingerprint density at radius 1 is 1.19 bits per heavy atom. The number of fused-ring (bicyclic) bond motifs is 2. The summed E-state index contributed by atoms with van der Waals surface area (Å²) in [6.07, 6.45) is 1.69. The fourth-order valence-corrected chi connectivity index (χ4v) is 6.91. The fourth-order valence-electron chi connectivity index (χ4n) is 4.27. The lowest BCUT2D eigenvalue weighted by atomic mass is 10.0. The lowest BCUT2D eigenvalue weighted by Gasteiger charge is -2.08. The van der Waals surface area contributed by atoms with Gasteiger partial charge in [0.25, 0.3) is 0 Å². The summed E-state index contributed by atoms with van der Waals surface area (Å²) in [5.41, 5.74) is 0.996. The predicted octanol–water partition coefficient (Wildman–Crippen LogP) is 4.86. The monoisotopic (exact) mass is 528 g/mol. The molecule has 2 N–H and O–H groups in total. The van der Waals surface area contributed by atoms with Crippen LogP contribution in [0.3, 0.4) is 0 Å². The van der Waals surface area contributed by atoms with Crippen molar-refractivity contribution >= 4 is 50.1 Å². The SMILES string of the molecule is COC(=O)CCCSc1c(Cc2cccc3ccccc23)sc2c1c(=O)n(C)c(O)[n+]2CC(C)C.[OH-]. The Morgan fingerprint density at radius 2 is 1.92 bits per heavy atom. The third-order valence-corrected chi connectivity index (χ3v) is 8.57. The van der Waals surface area contributed by atoms with Crippen LogP contribution < -0.4 is 10.1 Å². The van der Waals surface area contributed by atoms with Gasteiger partial charge in [-0.25, -0.2) is 4.79 Å². The van der Waals surface area contributed by atoms with Gasteiger partial charge in [0, 0.05) is 22.6 Å². The first-order valence-electron chi connectivity index (χ1n) is 11.7. The van der Waals surface area contributed by atoms with E-state index in [-0.39, 0.29) is 23.0 Å². The summed E-state index contributed by atoms with van der Waals surface area (Å²) < 4.78 is 7.96. The maximum absolute atomic E-state index is 13.4. The van der Waals surface area contributed by atoms with Gasteiger partial charge in [-0.1, -0.05) is 67.6 Å². The topological polar surface area (TPSA) is 102 Å². The molecule has 0 bridgehead atoms. The molecule has 4 rings (SSSR count). The molecular formula is C27H32N2O5S2. The number of carbonyl (C=O) groups is 1. The second kappa shape index (κ2) is 11.9. The summed E-state index contributed by atoms with van der Waals surface area (Å²) in [4.78, 5) is 27.8. The van der Waals surface area contributed by atoms with Crippen molar-refractivity contribution in [2.45, 2.75) is 44.6 Å². The molecule has 192 valence electrons. The highest BCUT2D eigenvalue weighted by molar-refractivity contribution is 7.99. The Balaban J connectivity index is 0.00000361. The number of thiophene rings is 1. The minimum Gasteiger partial charge on any atom is -0.870 e. The van der Waals surface area contributed by atoms with Crippen molar-refractivity contribution in [2.75, 3.05) is 12.9 Å². The minimum absolute atomic E-state index is 0. The fraction of sp³-hybridized carbons (Fsp3) is 0.370. The van der Waals surface area contributed by atoms with E-state index in [1.807, 2.05) is 16.7 Å². The summed E-state index contributed by atoms with van der Waals surface area (Å²) in [7, 11) is 3.01. The molecule has 0 aliphatic carbocycles. The minimum atomic E-state index is -0.229. The number of nitrogens with zero attached hydrogens (tertiary/aromatic N) is 2. The van der Waals surface area contributed by atoms with Gasteiger partial charge in [-0.05, 0) is 34.4 Å². The highest BCUT2D eigenvalue weighted by Crippen LogP contribution is 2.38. The second-order valence-electron chi connectivity index (χ2n) is 9.05. The van der Waals surface area contributed by atoms with Gasteiger partial charge in [0.05, 0.1) is 20.7 Å². The van der Waals surface area contributed by atoms with Gasteiger partial charge in [-0.2, -0.15) is 9.13 Å². The molecule has 0 radical (unpaired) electrons. The van der Waals surface area contributed by atoms with Crippen LogP contribution in [0, 0.1) is 5.92 Å². The van der Waals surface area contributed by atoms with E-state index in [1.54, 1.807) is 30.1 Å². The number of carbonyl (C=O) groups excluding carboxylic acids is 1. The van der Waals surface area contributed by atoms with Gasteiger partial charge < -0.3 is 15.3 Å². The van der Waals surface area contributed by atoms with Crippen LogP contribution in [-0.4, -0.2) is 34.0 Å². The van der Waals surface area contributed by atoms with E-state index in [4.69, 9.17) is 4.74 Å². The number of benzene rings is 2. The summed E-state index contributed by atoms with van der Waals surface area (Å²) in [5, 5.41) is 13.9. The van der Waals surface area contributed by atoms with Crippen molar-refractivity contribution < 1.29 is 24.7 Å². The number of thioether (sulfide) groups is 1. The van der Waals surface area contributed by atoms with E-state index < -0.39 is 0 Å². The molecule has 9 heteroatoms. The van der Waals surface area contributed by atoms with Crippen LogP contribution in [0.5, 0.6) is 6.01 Å². The van der Waals surface area contributed by atoms with Crippen LogP contribution in [0.1, 0.15) is 37.1 Å². The molecule has 36 heavy (non-hydrogen) atoms. The van der Waals surface area contributed by atoms with Gasteiger partial charge in [0.1, 0.15) is 5.39 Å². The average Bonchev–Trinajstić information content (AvgIpc) is 3.20. The predicted molar refractivity (Wildman–Crippen MR) is 144 cm³/mol. The summed E-state index contributed by atoms with van der Waals surface area (Å²) in [6.45, 7) is 4.80. The zero-order valence-electron chi connectivity index (χ0n) is 21.0. The van der Waals surface area contributed by atoms with Gasteiger partial charge in [0.2, 0.25) is 4.83 Å². The zero-order chi connectivity index (χ0) is 25.1. The van der Waals surface area contributed by atoms with Crippen molar-refractivity contribution in [2.24, 2.45) is 13.0 Å². The van der Waals surface area contributed by atoms with Gasteiger partial charge in [0.15, 0.2) is 0 Å². The first-order chi connectivity index (χ1) is 16.8. The standard InChI is InChI=1S/C27H30N2O4S2.H2O/c1-17(2)16-29-26-23(25(31)28(3)27(29)32)24(34-14-8-13-22(30)33-4)21(35-26)15-19-11-7-10-18-9-5-6-12-20(18)19;/h5-7,9-12,17H,8,13-16H2,1-4H3;1H2. The summed E-state index contributed by atoms with van der Waals surface area (Å²) in [6, 6.07) is 14.6. The van der Waals surface area contributed by atoms with Crippen LogP contribution in [-0.2, 0) is 29.5 Å². The van der Waals surface area contributed by atoms with E-state index in [9.17, 15) is 14.7 Å². The van der Waals surface area contributed by atoms with Crippen LogP contribution in [0.25, 0.3) is 21.0 Å². The highest BCUT2D eigenvalue weighted by Gasteiger charge is 2.28. The van der Waals surface area contributed by atoms with E-state index in [0.29, 0.717) is 42.9 Å². The second-order valence-corrected chi connectivity index (χ2v) is 11.2. The molecule has 2 aromatic heterocycles. The largest absolute Gasteiger partial charge is 0.870 e. The van der Waals surface area contributed by atoms with Crippen LogP contribution in [0.2, 0.25) is 0 Å². The lowest BCUT2D eigenvalue weighted by Crippen LogP contribution is -2.42. The van der Waals surface area contributed by atoms with Crippen LogP contribution in [0.4, 0.5) is 0 Å². The van der Waals surface area contributed by atoms with Gasteiger partial charge in [-0.3, -0.25) is 4.79 Å². The molecule has 0 saturated carbocycles. The maximum atomic E-state index is 13.4. The molecule has 4 aromatic rings. The normalized spacial score (nSPS) is 11.2. The average molecular weight is 529 g/mol. The van der Waals surface area contributed by atoms with Crippen molar-refractivity contribution in [3.63, 3.8) is 0 Å². The third kappa shape index (κ3) is 5.58. The number of ether oxygens (including phenoxy) is 1. The third-order valence-electron chi connectivity index (χ3n) is 6.00. The number of hydrogen-bond donors (Lipinski definition) is 1. The molecule has 0 saturated heterocycles. The molecule has 0 amide bonds. The Labute approximate surface area is 218 Å². The maximum Gasteiger partial charge on any atom is 0.457 e. The van der Waals surface area contributed by atoms with Gasteiger partial charge >= 0.3 is 17.5 Å². The molecule has 0 aliphatic heterocycles. The van der Waals surface area contributed by atoms with E-state index in [1.165, 1.54) is 28.0 Å². The molecule has 0 aliphatic rings. The van der Waals surface area contributed by atoms with Crippen LogP contribution in [0.15, 0.2) is 52.2 Å². The number of aromatic nitrogens is 2. The van der Waals surface area contributed by atoms with E-state index in [0.717, 1.165) is 14.6 Å². The van der Waals surface area contributed by atoms with Gasteiger partial charge in [-0.15, -0.1) is 11.8 Å². The number of esters is 1.